The molecule has 3 heterocycles. The first kappa shape index (κ1) is 13.4. The van der Waals surface area contributed by atoms with Crippen molar-refractivity contribution in [2.45, 2.75) is 6.54 Å². The molecule has 102 valence electrons. The van der Waals surface area contributed by atoms with E-state index < -0.39 is 0 Å². The fourth-order valence-corrected chi connectivity index (χ4v) is 3.22. The second-order valence-corrected chi connectivity index (χ2v) is 6.25. The molecule has 5 nitrogen and oxygen atoms in total. The van der Waals surface area contributed by atoms with E-state index in [0.717, 1.165) is 17.0 Å². The lowest BCUT2D eigenvalue weighted by atomic mass is 10.3. The molecule has 0 saturated heterocycles. The summed E-state index contributed by atoms with van der Waals surface area (Å²) in [5.74, 6) is 0.359. The van der Waals surface area contributed by atoms with E-state index in [1.807, 2.05) is 28.8 Å². The highest BCUT2D eigenvalue weighted by atomic mass is 35.5. The molecule has 3 aromatic heterocycles. The molecule has 0 radical (unpaired) electrons. The number of hydrogen-bond donors (Lipinski definition) is 1. The Balaban J connectivity index is 1.76. The maximum Gasteiger partial charge on any atom is 0.254 e. The zero-order valence-corrected chi connectivity index (χ0v) is 12.3. The van der Waals surface area contributed by atoms with Gasteiger partial charge in [0.1, 0.15) is 4.34 Å². The predicted octanol–water partition coefficient (Wildman–Crippen LogP) is 3.03. The summed E-state index contributed by atoms with van der Waals surface area (Å²) in [7, 11) is 0. The normalized spacial score (nSPS) is 10.9. The summed E-state index contributed by atoms with van der Waals surface area (Å²) in [4.78, 5) is 12.0. The Morgan fingerprint density at radius 2 is 2.20 bits per heavy atom. The van der Waals surface area contributed by atoms with Crippen molar-refractivity contribution in [1.82, 2.24) is 19.9 Å². The van der Waals surface area contributed by atoms with Gasteiger partial charge in [0.2, 0.25) is 0 Å². The Labute approximate surface area is 128 Å². The number of carbonyl (C=O) groups excluding carboxylic acids is 1. The molecule has 0 fully saturated rings. The number of nitrogens with one attached hydrogen (secondary N) is 1. The van der Waals surface area contributed by atoms with Crippen molar-refractivity contribution in [2.75, 3.05) is 0 Å². The number of thiophene rings is 1. The molecule has 1 amide bonds. The number of nitrogens with zero attached hydrogens (tertiary/aromatic N) is 3. The predicted molar refractivity (Wildman–Crippen MR) is 78.5 cm³/mol. The molecule has 8 heteroatoms. The number of rotatable bonds is 3. The van der Waals surface area contributed by atoms with Crippen molar-refractivity contribution >= 4 is 46.1 Å². The van der Waals surface area contributed by atoms with E-state index in [-0.39, 0.29) is 12.5 Å². The van der Waals surface area contributed by atoms with E-state index in [9.17, 15) is 4.79 Å². The summed E-state index contributed by atoms with van der Waals surface area (Å²) in [5.41, 5.74) is 1.10. The van der Waals surface area contributed by atoms with Crippen molar-refractivity contribution < 1.29 is 4.79 Å². The van der Waals surface area contributed by atoms with Gasteiger partial charge in [-0.2, -0.15) is 0 Å². The van der Waals surface area contributed by atoms with Crippen LogP contribution in [0.2, 0.25) is 8.67 Å². The molecule has 0 aromatic carbocycles. The van der Waals surface area contributed by atoms with Gasteiger partial charge in [-0.25, -0.2) is 0 Å². The average Bonchev–Trinajstić information content (AvgIpc) is 2.99. The first-order valence-corrected chi connectivity index (χ1v) is 7.24. The van der Waals surface area contributed by atoms with E-state index in [1.165, 1.54) is 0 Å². The molecule has 1 N–H and O–H groups in total. The van der Waals surface area contributed by atoms with E-state index in [2.05, 4.69) is 15.5 Å². The van der Waals surface area contributed by atoms with Crippen molar-refractivity contribution in [3.8, 4) is 0 Å². The number of hydrogen-bond acceptors (Lipinski definition) is 4. The molecule has 0 atom stereocenters. The average molecular weight is 327 g/mol. The van der Waals surface area contributed by atoms with Crippen molar-refractivity contribution in [2.24, 2.45) is 0 Å². The first-order valence-electron chi connectivity index (χ1n) is 5.67. The zero-order chi connectivity index (χ0) is 14.1. The molecule has 3 rings (SSSR count). The second kappa shape index (κ2) is 5.40. The van der Waals surface area contributed by atoms with E-state index >= 15 is 0 Å². The molecule has 0 bridgehead atoms. The summed E-state index contributed by atoms with van der Waals surface area (Å²) in [5, 5.41) is 10.8. The minimum atomic E-state index is -0.286. The molecule has 0 spiro atoms. The van der Waals surface area contributed by atoms with Crippen LogP contribution in [0.3, 0.4) is 0 Å². The number of pyridine rings is 1. The summed E-state index contributed by atoms with van der Waals surface area (Å²) in [6.07, 6.45) is 1.84. The van der Waals surface area contributed by atoms with Crippen LogP contribution in [0.4, 0.5) is 0 Å². The Hall–Kier alpha value is -1.63. The third-order valence-electron chi connectivity index (χ3n) is 2.69. The van der Waals surface area contributed by atoms with Crippen LogP contribution in [-0.2, 0) is 6.54 Å². The van der Waals surface area contributed by atoms with Crippen LogP contribution in [0.5, 0.6) is 0 Å². The number of fused-ring (bicyclic) bond motifs is 1. The topological polar surface area (TPSA) is 59.3 Å². The summed E-state index contributed by atoms with van der Waals surface area (Å²) in [6.45, 7) is 0.258. The van der Waals surface area contributed by atoms with E-state index in [0.29, 0.717) is 20.1 Å². The minimum Gasteiger partial charge on any atom is -0.345 e. The Morgan fingerprint density at radius 1 is 1.35 bits per heavy atom. The highest BCUT2D eigenvalue weighted by Gasteiger charge is 2.14. The molecule has 0 aliphatic carbocycles. The molecule has 20 heavy (non-hydrogen) atoms. The summed E-state index contributed by atoms with van der Waals surface area (Å²) in [6, 6.07) is 7.14. The largest absolute Gasteiger partial charge is 0.345 e. The highest BCUT2D eigenvalue weighted by molar-refractivity contribution is 7.20. The summed E-state index contributed by atoms with van der Waals surface area (Å²) >= 11 is 12.9. The Bertz CT molecular complexity index is 783. The van der Waals surface area contributed by atoms with Gasteiger partial charge < -0.3 is 5.32 Å². The standard InChI is InChI=1S/C12H8Cl2N4OS/c13-8-5-7(11(14)20-8)12(19)15-6-10-17-16-9-3-1-2-4-18(9)10/h1-5H,6H2,(H,15,19). The van der Waals surface area contributed by atoms with Crippen LogP contribution >= 0.6 is 34.5 Å². The molecular formula is C12H8Cl2N4OS. The third-order valence-corrected chi connectivity index (χ3v) is 4.18. The first-order chi connectivity index (χ1) is 9.65. The van der Waals surface area contributed by atoms with Crippen molar-refractivity contribution in [3.05, 3.63) is 50.5 Å². The quantitative estimate of drug-likeness (QED) is 0.804. The second-order valence-electron chi connectivity index (χ2n) is 3.97. The van der Waals surface area contributed by atoms with E-state index in [4.69, 9.17) is 23.2 Å². The van der Waals surface area contributed by atoms with Crippen LogP contribution in [0, 0.1) is 0 Å². The summed E-state index contributed by atoms with van der Waals surface area (Å²) < 4.78 is 2.66. The number of carbonyl (C=O) groups is 1. The highest BCUT2D eigenvalue weighted by Crippen LogP contribution is 2.30. The number of halogens is 2. The van der Waals surface area contributed by atoms with E-state index in [1.54, 1.807) is 6.07 Å². The Kier molecular flexibility index (Phi) is 3.60. The maximum absolute atomic E-state index is 12.0. The van der Waals surface area contributed by atoms with Gasteiger partial charge in [-0.1, -0.05) is 29.3 Å². The van der Waals surface area contributed by atoms with Crippen molar-refractivity contribution in [3.63, 3.8) is 0 Å². The Morgan fingerprint density at radius 3 is 2.95 bits per heavy atom. The monoisotopic (exact) mass is 326 g/mol. The van der Waals surface area contributed by atoms with Gasteiger partial charge >= 0.3 is 0 Å². The van der Waals surface area contributed by atoms with Crippen LogP contribution in [0.1, 0.15) is 16.2 Å². The molecule has 0 aliphatic rings. The fraction of sp³-hybridized carbons (Fsp3) is 0.0833. The van der Waals surface area contributed by atoms with Gasteiger partial charge in [-0.15, -0.1) is 21.5 Å². The smallest absolute Gasteiger partial charge is 0.254 e. The molecule has 0 unspecified atom stereocenters. The van der Waals surface area contributed by atoms with Crippen LogP contribution < -0.4 is 5.32 Å². The SMILES string of the molecule is O=C(NCc1nnc2ccccn12)c1cc(Cl)sc1Cl. The van der Waals surface area contributed by atoms with Crippen molar-refractivity contribution in [1.29, 1.82) is 0 Å². The zero-order valence-electron chi connectivity index (χ0n) is 10.0. The molecule has 0 aliphatic heterocycles. The molecule has 3 aromatic rings. The van der Waals surface area contributed by atoms with Crippen LogP contribution in [-0.4, -0.2) is 20.5 Å². The van der Waals surface area contributed by atoms with Gasteiger partial charge in [-0.3, -0.25) is 9.20 Å². The van der Waals surface area contributed by atoms with Gasteiger partial charge in [0.15, 0.2) is 11.5 Å². The lowest BCUT2D eigenvalue weighted by Gasteiger charge is -2.03. The lowest BCUT2D eigenvalue weighted by molar-refractivity contribution is 0.0950. The number of amides is 1. The van der Waals surface area contributed by atoms with Gasteiger partial charge in [0.25, 0.3) is 5.91 Å². The maximum atomic E-state index is 12.0. The lowest BCUT2D eigenvalue weighted by Crippen LogP contribution is -2.23. The molecule has 0 saturated carbocycles. The number of aromatic nitrogens is 3. The molecular weight excluding hydrogens is 319 g/mol. The minimum absolute atomic E-state index is 0.258. The van der Waals surface area contributed by atoms with Crippen LogP contribution in [0.15, 0.2) is 30.5 Å². The van der Waals surface area contributed by atoms with Gasteiger partial charge in [0, 0.05) is 6.20 Å². The van der Waals surface area contributed by atoms with Gasteiger partial charge in [-0.05, 0) is 18.2 Å². The fourth-order valence-electron chi connectivity index (χ4n) is 1.76. The van der Waals surface area contributed by atoms with Gasteiger partial charge in [0.05, 0.1) is 16.4 Å². The third kappa shape index (κ3) is 2.49. The van der Waals surface area contributed by atoms with Crippen LogP contribution in [0.25, 0.3) is 5.65 Å².